The largest absolute Gasteiger partial charge is 0.758 e. The first-order valence-electron chi connectivity index (χ1n) is 7.64. The summed E-state index contributed by atoms with van der Waals surface area (Å²) in [4.78, 5) is 19.4. The molecule has 0 saturated carbocycles. The number of nitrogens with zero attached hydrogens (tertiary/aromatic N) is 3. The SMILES string of the molecule is CCN=C([S-])C(C(=O)c1ccccc1Br)[n+]1ccc(N(C)C)cc1. The molecule has 2 rings (SSSR count). The summed E-state index contributed by atoms with van der Waals surface area (Å²) >= 11 is 8.87. The number of pyridine rings is 1. The van der Waals surface area contributed by atoms with Crippen LogP contribution in [0.2, 0.25) is 0 Å². The molecule has 24 heavy (non-hydrogen) atoms. The second kappa shape index (κ2) is 8.35. The van der Waals surface area contributed by atoms with Gasteiger partial charge in [-0.3, -0.25) is 4.79 Å². The molecule has 0 aliphatic rings. The van der Waals surface area contributed by atoms with E-state index in [2.05, 4.69) is 20.9 Å². The van der Waals surface area contributed by atoms with Crippen LogP contribution in [-0.2, 0) is 12.6 Å². The minimum absolute atomic E-state index is 0.0766. The van der Waals surface area contributed by atoms with E-state index in [9.17, 15) is 4.79 Å². The van der Waals surface area contributed by atoms with Crippen molar-refractivity contribution < 1.29 is 9.36 Å². The van der Waals surface area contributed by atoms with Gasteiger partial charge in [0.25, 0.3) is 0 Å². The summed E-state index contributed by atoms with van der Waals surface area (Å²) in [5.74, 6) is -0.0766. The minimum Gasteiger partial charge on any atom is -0.758 e. The van der Waals surface area contributed by atoms with Crippen LogP contribution in [0.4, 0.5) is 5.69 Å². The summed E-state index contributed by atoms with van der Waals surface area (Å²) in [6.45, 7) is 2.46. The molecule has 1 aromatic carbocycles. The number of aliphatic imine (C=N–C) groups is 1. The molecule has 126 valence electrons. The van der Waals surface area contributed by atoms with Crippen molar-refractivity contribution in [3.63, 3.8) is 0 Å². The first-order valence-corrected chi connectivity index (χ1v) is 8.84. The molecule has 2 aromatic rings. The van der Waals surface area contributed by atoms with Gasteiger partial charge >= 0.3 is 0 Å². The number of rotatable bonds is 6. The van der Waals surface area contributed by atoms with Crippen molar-refractivity contribution in [3.8, 4) is 0 Å². The molecule has 0 amide bonds. The lowest BCUT2D eigenvalue weighted by Crippen LogP contribution is -2.47. The van der Waals surface area contributed by atoms with Gasteiger partial charge in [0.2, 0.25) is 11.8 Å². The Morgan fingerprint density at radius 2 is 1.88 bits per heavy atom. The highest BCUT2D eigenvalue weighted by atomic mass is 79.9. The number of ketones is 1. The Kier molecular flexibility index (Phi) is 6.45. The third-order valence-electron chi connectivity index (χ3n) is 3.58. The van der Waals surface area contributed by atoms with E-state index in [1.807, 2.05) is 73.2 Å². The van der Waals surface area contributed by atoms with Crippen molar-refractivity contribution in [2.75, 3.05) is 25.5 Å². The zero-order valence-electron chi connectivity index (χ0n) is 13.9. The monoisotopic (exact) mass is 405 g/mol. The molecule has 0 aliphatic carbocycles. The van der Waals surface area contributed by atoms with Crippen LogP contribution in [-0.4, -0.2) is 31.5 Å². The highest BCUT2D eigenvalue weighted by Gasteiger charge is 2.29. The summed E-state index contributed by atoms with van der Waals surface area (Å²) in [6, 6.07) is 10.6. The van der Waals surface area contributed by atoms with Crippen LogP contribution in [0.5, 0.6) is 0 Å². The predicted molar refractivity (Wildman–Crippen MR) is 104 cm³/mol. The van der Waals surface area contributed by atoms with Crippen molar-refractivity contribution in [2.45, 2.75) is 13.0 Å². The quantitative estimate of drug-likeness (QED) is 0.243. The zero-order valence-corrected chi connectivity index (χ0v) is 16.3. The summed E-state index contributed by atoms with van der Waals surface area (Å²) in [6.07, 6.45) is 3.73. The molecular weight excluding hydrogens is 386 g/mol. The highest BCUT2D eigenvalue weighted by Crippen LogP contribution is 2.21. The van der Waals surface area contributed by atoms with Crippen molar-refractivity contribution in [1.29, 1.82) is 0 Å². The van der Waals surface area contributed by atoms with Gasteiger partial charge in [-0.2, -0.15) is 4.57 Å². The average molecular weight is 406 g/mol. The molecular formula is C18H20BrN3OS. The summed E-state index contributed by atoms with van der Waals surface area (Å²) in [5.41, 5.74) is 1.65. The van der Waals surface area contributed by atoms with Gasteiger partial charge in [-0.05, 0) is 24.1 Å². The lowest BCUT2D eigenvalue weighted by atomic mass is 10.0. The van der Waals surface area contributed by atoms with E-state index >= 15 is 0 Å². The lowest BCUT2D eigenvalue weighted by Gasteiger charge is -2.19. The fourth-order valence-corrected chi connectivity index (χ4v) is 3.16. The molecule has 1 unspecified atom stereocenters. The predicted octanol–water partition coefficient (Wildman–Crippen LogP) is 3.19. The van der Waals surface area contributed by atoms with Crippen molar-refractivity contribution in [2.24, 2.45) is 4.99 Å². The fourth-order valence-electron chi connectivity index (χ4n) is 2.33. The van der Waals surface area contributed by atoms with Crippen LogP contribution in [0, 0.1) is 0 Å². The van der Waals surface area contributed by atoms with Gasteiger partial charge in [-0.1, -0.05) is 28.1 Å². The molecule has 1 heterocycles. The van der Waals surface area contributed by atoms with Gasteiger partial charge in [-0.25, -0.2) is 0 Å². The van der Waals surface area contributed by atoms with Crippen LogP contribution < -0.4 is 9.47 Å². The number of carbonyl (C=O) groups is 1. The molecule has 1 atom stereocenters. The molecule has 0 radical (unpaired) electrons. The molecule has 1 aromatic heterocycles. The molecule has 0 aliphatic heterocycles. The summed E-state index contributed by atoms with van der Waals surface area (Å²) in [7, 11) is 3.95. The van der Waals surface area contributed by atoms with E-state index in [1.54, 1.807) is 6.07 Å². The Hall–Kier alpha value is -1.79. The first-order chi connectivity index (χ1) is 11.5. The van der Waals surface area contributed by atoms with Gasteiger partial charge < -0.3 is 22.5 Å². The van der Waals surface area contributed by atoms with Crippen molar-refractivity contribution in [3.05, 3.63) is 58.8 Å². The zero-order chi connectivity index (χ0) is 17.7. The Morgan fingerprint density at radius 1 is 1.25 bits per heavy atom. The van der Waals surface area contributed by atoms with E-state index < -0.39 is 6.04 Å². The van der Waals surface area contributed by atoms with E-state index in [-0.39, 0.29) is 5.78 Å². The van der Waals surface area contributed by atoms with E-state index in [0.29, 0.717) is 17.2 Å². The van der Waals surface area contributed by atoms with Crippen LogP contribution >= 0.6 is 15.9 Å². The smallest absolute Gasteiger partial charge is 0.237 e. The van der Waals surface area contributed by atoms with Gasteiger partial charge in [0, 0.05) is 48.5 Å². The average Bonchev–Trinajstić information content (AvgIpc) is 2.56. The number of benzene rings is 1. The molecule has 4 nitrogen and oxygen atoms in total. The summed E-state index contributed by atoms with van der Waals surface area (Å²) < 4.78 is 2.57. The van der Waals surface area contributed by atoms with E-state index in [0.717, 1.165) is 10.2 Å². The minimum atomic E-state index is -0.630. The number of anilines is 1. The van der Waals surface area contributed by atoms with Crippen molar-refractivity contribution >= 4 is 45.1 Å². The number of Topliss-reactive ketones (excluding diaryl/α,β-unsaturated/α-hetero) is 1. The van der Waals surface area contributed by atoms with Gasteiger partial charge in [0.15, 0.2) is 12.4 Å². The number of carbonyl (C=O) groups excluding carboxylic acids is 1. The third-order valence-corrected chi connectivity index (χ3v) is 4.63. The van der Waals surface area contributed by atoms with Crippen LogP contribution in [0.25, 0.3) is 0 Å². The highest BCUT2D eigenvalue weighted by molar-refractivity contribution is 9.10. The van der Waals surface area contributed by atoms with E-state index in [1.165, 1.54) is 0 Å². The molecule has 0 N–H and O–H groups in total. The number of halogens is 1. The van der Waals surface area contributed by atoms with Crippen molar-refractivity contribution in [1.82, 2.24) is 0 Å². The second-order valence-electron chi connectivity index (χ2n) is 5.46. The van der Waals surface area contributed by atoms with Gasteiger partial charge in [-0.15, -0.1) is 0 Å². The van der Waals surface area contributed by atoms with Gasteiger partial charge in [0.1, 0.15) is 0 Å². The topological polar surface area (TPSA) is 36.6 Å². The lowest BCUT2D eigenvalue weighted by molar-refractivity contribution is -0.691. The number of hydrogen-bond acceptors (Lipinski definition) is 4. The first kappa shape index (κ1) is 18.5. The maximum atomic E-state index is 13.1. The number of aromatic nitrogens is 1. The maximum Gasteiger partial charge on any atom is 0.237 e. The van der Waals surface area contributed by atoms with Crippen LogP contribution in [0.15, 0.2) is 58.3 Å². The van der Waals surface area contributed by atoms with Crippen LogP contribution in [0.1, 0.15) is 23.3 Å². The number of hydrogen-bond donors (Lipinski definition) is 0. The molecule has 0 fully saturated rings. The Labute approximate surface area is 156 Å². The van der Waals surface area contributed by atoms with E-state index in [4.69, 9.17) is 12.6 Å². The standard InChI is InChI=1S/C18H20BrN3OS/c1-4-20-18(24)16(17(23)14-7-5-6-8-15(14)19)22-11-9-13(10-12-22)21(2)3/h5-12,16H,4H2,1-3H3. The maximum absolute atomic E-state index is 13.1. The molecule has 0 saturated heterocycles. The fraction of sp³-hybridized carbons (Fsp3) is 0.278. The second-order valence-corrected chi connectivity index (χ2v) is 6.73. The van der Waals surface area contributed by atoms with Gasteiger partial charge in [0.05, 0.1) is 0 Å². The molecule has 0 bridgehead atoms. The molecule has 0 spiro atoms. The Balaban J connectivity index is 2.47. The Bertz CT molecular complexity index is 744. The normalized spacial score (nSPS) is 12.8. The summed E-state index contributed by atoms with van der Waals surface area (Å²) in [5, 5.41) is 0.390. The third kappa shape index (κ3) is 4.19. The molecule has 6 heteroatoms. The Morgan fingerprint density at radius 3 is 2.42 bits per heavy atom. The van der Waals surface area contributed by atoms with Crippen LogP contribution in [0.3, 0.4) is 0 Å².